The summed E-state index contributed by atoms with van der Waals surface area (Å²) in [6, 6.07) is 5.63. The number of rotatable bonds is 4. The average Bonchev–Trinajstić information content (AvgIpc) is 3.09. The molecule has 0 aliphatic carbocycles. The van der Waals surface area contributed by atoms with Crippen molar-refractivity contribution in [2.75, 3.05) is 0 Å². The van der Waals surface area contributed by atoms with Crippen LogP contribution in [0.1, 0.15) is 36.4 Å². The topological polar surface area (TPSA) is 114 Å². The Bertz CT molecular complexity index is 1070. The molecule has 0 radical (unpaired) electrons. The van der Waals surface area contributed by atoms with Crippen LogP contribution in [0.25, 0.3) is 5.57 Å². The van der Waals surface area contributed by atoms with Gasteiger partial charge in [-0.3, -0.25) is 25.2 Å². The minimum atomic E-state index is -0.642. The van der Waals surface area contributed by atoms with Gasteiger partial charge in [-0.05, 0) is 57.0 Å². The second kappa shape index (κ2) is 6.64. The number of aliphatic imine (C=N–C) groups is 1. The average molecular weight is 366 g/mol. The molecule has 2 heterocycles. The molecule has 0 fully saturated rings. The van der Waals surface area contributed by atoms with Crippen molar-refractivity contribution in [1.29, 1.82) is 0 Å². The molecule has 8 nitrogen and oxygen atoms in total. The summed E-state index contributed by atoms with van der Waals surface area (Å²) < 4.78 is 0. The van der Waals surface area contributed by atoms with E-state index in [2.05, 4.69) is 9.98 Å². The predicted molar refractivity (Wildman–Crippen MR) is 103 cm³/mol. The molecule has 0 atom stereocenters. The van der Waals surface area contributed by atoms with Crippen LogP contribution in [0.15, 0.2) is 46.6 Å². The number of nitrogens with zero attached hydrogens (tertiary/aromatic N) is 3. The third-order valence-electron chi connectivity index (χ3n) is 4.38. The number of allylic oxidation sites excluding steroid dienone is 2. The van der Waals surface area contributed by atoms with Crippen LogP contribution >= 0.6 is 0 Å². The number of aromatic nitrogens is 1. The fourth-order valence-corrected chi connectivity index (χ4v) is 3.30. The van der Waals surface area contributed by atoms with Crippen molar-refractivity contribution in [3.05, 3.63) is 84.4 Å². The smallest absolute Gasteiger partial charge is 0.284 e. The van der Waals surface area contributed by atoms with E-state index in [1.54, 1.807) is 0 Å². The van der Waals surface area contributed by atoms with E-state index in [9.17, 15) is 20.2 Å². The van der Waals surface area contributed by atoms with Crippen molar-refractivity contribution in [3.63, 3.8) is 0 Å². The van der Waals surface area contributed by atoms with E-state index in [0.717, 1.165) is 28.6 Å². The van der Waals surface area contributed by atoms with Gasteiger partial charge in [-0.15, -0.1) is 0 Å². The van der Waals surface area contributed by atoms with Gasteiger partial charge in [0, 0.05) is 23.0 Å². The van der Waals surface area contributed by atoms with Crippen LogP contribution in [0, 0.1) is 34.1 Å². The zero-order valence-corrected chi connectivity index (χ0v) is 15.4. The van der Waals surface area contributed by atoms with Gasteiger partial charge in [0.1, 0.15) is 0 Å². The van der Waals surface area contributed by atoms with Crippen LogP contribution < -0.4 is 0 Å². The number of hydrogen-bond acceptors (Lipinski definition) is 5. The lowest BCUT2D eigenvalue weighted by Crippen LogP contribution is -2.02. The van der Waals surface area contributed by atoms with Gasteiger partial charge in [0.2, 0.25) is 0 Å². The quantitative estimate of drug-likeness (QED) is 0.627. The Balaban J connectivity index is 2.39. The summed E-state index contributed by atoms with van der Waals surface area (Å²) >= 11 is 0. The fourth-order valence-electron chi connectivity index (χ4n) is 3.30. The molecule has 0 bridgehead atoms. The first-order valence-corrected chi connectivity index (χ1v) is 8.27. The Kier molecular flexibility index (Phi) is 4.49. The number of nitro benzene ring substituents is 2. The molecule has 3 rings (SSSR count). The minimum absolute atomic E-state index is 0.289. The second-order valence-electron chi connectivity index (χ2n) is 6.53. The third kappa shape index (κ3) is 3.29. The van der Waals surface area contributed by atoms with E-state index in [1.165, 1.54) is 12.1 Å². The first-order chi connectivity index (χ1) is 12.7. The highest BCUT2D eigenvalue weighted by Gasteiger charge is 2.28. The molecule has 8 heteroatoms. The monoisotopic (exact) mass is 366 g/mol. The van der Waals surface area contributed by atoms with Gasteiger partial charge in [0.25, 0.3) is 11.4 Å². The van der Waals surface area contributed by atoms with Crippen LogP contribution in [0.3, 0.4) is 0 Å². The molecular weight excluding hydrogens is 348 g/mol. The number of aryl methyl sites for hydroxylation is 2. The van der Waals surface area contributed by atoms with Crippen LogP contribution in [-0.2, 0) is 0 Å². The number of benzene rings is 1. The first kappa shape index (κ1) is 18.2. The van der Waals surface area contributed by atoms with Crippen molar-refractivity contribution < 1.29 is 9.85 Å². The van der Waals surface area contributed by atoms with Crippen LogP contribution in [0.4, 0.5) is 11.4 Å². The maximum atomic E-state index is 11.7. The van der Waals surface area contributed by atoms with Gasteiger partial charge in [-0.1, -0.05) is 0 Å². The lowest BCUT2D eigenvalue weighted by atomic mass is 9.94. The number of aromatic amines is 1. The second-order valence-corrected chi connectivity index (χ2v) is 6.53. The molecule has 1 aromatic heterocycles. The standard InChI is InChI=1S/C19H18N4O4/c1-10-7-12(3)20-18(10)17(19-11(2)8-13(4)21-19)15-6-5-14(22(24)25)9-16(15)23(26)27/h5-9,20H,1-4H3. The third-order valence-corrected chi connectivity index (χ3v) is 4.38. The normalized spacial score (nSPS) is 15.4. The molecule has 1 aliphatic rings. The summed E-state index contributed by atoms with van der Waals surface area (Å²) in [6.45, 7) is 7.54. The molecule has 2 aromatic rings. The highest BCUT2D eigenvalue weighted by molar-refractivity contribution is 6.01. The summed E-state index contributed by atoms with van der Waals surface area (Å²) in [5, 5.41) is 22.8. The highest BCUT2D eigenvalue weighted by Crippen LogP contribution is 2.39. The van der Waals surface area contributed by atoms with E-state index in [4.69, 9.17) is 0 Å². The molecule has 0 saturated heterocycles. The first-order valence-electron chi connectivity index (χ1n) is 8.27. The lowest BCUT2D eigenvalue weighted by molar-refractivity contribution is -0.394. The molecule has 1 aliphatic heterocycles. The van der Waals surface area contributed by atoms with Gasteiger partial charge in [0.05, 0.1) is 32.9 Å². The van der Waals surface area contributed by atoms with E-state index in [0.29, 0.717) is 17.0 Å². The highest BCUT2D eigenvalue weighted by atomic mass is 16.6. The Morgan fingerprint density at radius 2 is 1.74 bits per heavy atom. The van der Waals surface area contributed by atoms with E-state index < -0.39 is 9.85 Å². The molecular formula is C19H18N4O4. The predicted octanol–water partition coefficient (Wildman–Crippen LogP) is 4.63. The lowest BCUT2D eigenvalue weighted by Gasteiger charge is -2.12. The Morgan fingerprint density at radius 1 is 1.04 bits per heavy atom. The molecule has 1 aromatic carbocycles. The zero-order chi connectivity index (χ0) is 19.9. The maximum Gasteiger partial charge on any atom is 0.284 e. The van der Waals surface area contributed by atoms with Crippen LogP contribution in [-0.4, -0.2) is 20.5 Å². The van der Waals surface area contributed by atoms with E-state index >= 15 is 0 Å². The number of nitrogens with one attached hydrogen (secondary N) is 1. The number of hydrogen-bond donors (Lipinski definition) is 1. The molecule has 0 amide bonds. The van der Waals surface area contributed by atoms with E-state index in [1.807, 2.05) is 39.8 Å². The molecule has 0 spiro atoms. The Morgan fingerprint density at radius 3 is 2.22 bits per heavy atom. The van der Waals surface area contributed by atoms with Crippen molar-refractivity contribution >= 4 is 22.7 Å². The fraction of sp³-hybridized carbons (Fsp3) is 0.211. The SMILES string of the molecule is CC1=CC(C)=NC1=C(c1ccc([N+](=O)[O-])cc1[N+](=O)[O-])c1[nH]c(C)cc1C. The largest absolute Gasteiger partial charge is 0.358 e. The molecule has 0 saturated carbocycles. The van der Waals surface area contributed by atoms with Gasteiger partial charge in [0.15, 0.2) is 0 Å². The van der Waals surface area contributed by atoms with Crippen LogP contribution in [0.2, 0.25) is 0 Å². The van der Waals surface area contributed by atoms with Gasteiger partial charge >= 0.3 is 0 Å². The van der Waals surface area contributed by atoms with Crippen molar-refractivity contribution in [2.24, 2.45) is 4.99 Å². The molecule has 0 unspecified atom stereocenters. The molecule has 1 N–H and O–H groups in total. The minimum Gasteiger partial charge on any atom is -0.358 e. The molecule has 138 valence electrons. The molecule has 27 heavy (non-hydrogen) atoms. The summed E-state index contributed by atoms with van der Waals surface area (Å²) in [5.74, 6) is 0. The summed E-state index contributed by atoms with van der Waals surface area (Å²) in [5.41, 5.74) is 5.02. The Labute approximate surface area is 155 Å². The summed E-state index contributed by atoms with van der Waals surface area (Å²) in [7, 11) is 0. The Hall–Kier alpha value is -3.55. The van der Waals surface area contributed by atoms with Gasteiger partial charge in [-0.25, -0.2) is 0 Å². The number of non-ortho nitro benzene ring substituents is 1. The number of nitro groups is 2. The van der Waals surface area contributed by atoms with Gasteiger partial charge < -0.3 is 4.98 Å². The maximum absolute atomic E-state index is 11.7. The summed E-state index contributed by atoms with van der Waals surface area (Å²) in [4.78, 5) is 29.3. The van der Waals surface area contributed by atoms with Crippen molar-refractivity contribution in [2.45, 2.75) is 27.7 Å². The summed E-state index contributed by atoms with van der Waals surface area (Å²) in [6.07, 6.45) is 1.90. The van der Waals surface area contributed by atoms with Crippen molar-refractivity contribution in [1.82, 2.24) is 4.98 Å². The van der Waals surface area contributed by atoms with Gasteiger partial charge in [-0.2, -0.15) is 0 Å². The van der Waals surface area contributed by atoms with E-state index in [-0.39, 0.29) is 16.9 Å². The zero-order valence-electron chi connectivity index (χ0n) is 15.4. The number of H-pyrrole nitrogens is 1. The van der Waals surface area contributed by atoms with Crippen molar-refractivity contribution in [3.8, 4) is 0 Å². The van der Waals surface area contributed by atoms with Crippen LogP contribution in [0.5, 0.6) is 0 Å².